The largest absolute Gasteiger partial charge is 0.461 e. The van der Waals surface area contributed by atoms with Gasteiger partial charge in [0.15, 0.2) is 5.11 Å². The third-order valence-corrected chi connectivity index (χ3v) is 5.81. The van der Waals surface area contributed by atoms with Gasteiger partial charge in [0, 0.05) is 16.7 Å². The molecule has 0 radical (unpaired) electrons. The number of benzene rings is 2. The van der Waals surface area contributed by atoms with Gasteiger partial charge < -0.3 is 15.0 Å². The molecule has 0 spiro atoms. The minimum atomic E-state index is -0.843. The molecule has 0 aromatic heterocycles. The van der Waals surface area contributed by atoms with Crippen molar-refractivity contribution < 1.29 is 19.1 Å². The zero-order valence-corrected chi connectivity index (χ0v) is 18.9. The highest BCUT2D eigenvalue weighted by Crippen LogP contribution is 2.14. The van der Waals surface area contributed by atoms with Crippen molar-refractivity contribution in [2.24, 2.45) is 0 Å². The Hall–Kier alpha value is -2.53. The predicted molar refractivity (Wildman–Crippen MR) is 124 cm³/mol. The lowest BCUT2D eigenvalue weighted by Gasteiger charge is -2.36. The van der Waals surface area contributed by atoms with E-state index in [2.05, 4.69) is 33.2 Å². The summed E-state index contributed by atoms with van der Waals surface area (Å²) in [6.07, 6.45) is -0.169. The molecule has 156 valence electrons. The Morgan fingerprint density at radius 1 is 1.17 bits per heavy atom. The number of rotatable bonds is 5. The van der Waals surface area contributed by atoms with Gasteiger partial charge >= 0.3 is 5.97 Å². The fraction of sp³-hybridized carbons (Fsp3) is 0.238. The predicted octanol–water partition coefficient (Wildman–Crippen LogP) is 2.24. The van der Waals surface area contributed by atoms with Crippen molar-refractivity contribution in [3.05, 3.63) is 69.3 Å². The number of esters is 1. The molecule has 2 amide bonds. The van der Waals surface area contributed by atoms with Gasteiger partial charge in [0.05, 0.1) is 12.0 Å². The second-order valence-electron chi connectivity index (χ2n) is 6.59. The van der Waals surface area contributed by atoms with Crippen LogP contribution in [-0.4, -0.2) is 46.9 Å². The first kappa shape index (κ1) is 22.2. The third kappa shape index (κ3) is 5.76. The number of nitrogens with one attached hydrogen (secondary N) is 2. The van der Waals surface area contributed by atoms with Gasteiger partial charge in [-0.05, 0) is 52.5 Å². The molecule has 1 aliphatic heterocycles. The van der Waals surface area contributed by atoms with Gasteiger partial charge in [0.1, 0.15) is 12.6 Å². The van der Waals surface area contributed by atoms with Crippen molar-refractivity contribution >= 4 is 57.7 Å². The van der Waals surface area contributed by atoms with Gasteiger partial charge in [-0.25, -0.2) is 0 Å². The summed E-state index contributed by atoms with van der Waals surface area (Å²) in [4.78, 5) is 38.8. The minimum absolute atomic E-state index is 0.107. The molecule has 0 aliphatic carbocycles. The standard InChI is InChI=1S/C21H20IN3O4S/c22-16-9-5-4-8-15(16)19(27)24-21(30)25-11-10-23-20(28)17(25)12-18(26)29-13-14-6-2-1-3-7-14/h1-9,17H,10-13H2,(H,23,28)(H,24,27,30). The summed E-state index contributed by atoms with van der Waals surface area (Å²) in [5.74, 6) is -1.21. The highest BCUT2D eigenvalue weighted by Gasteiger charge is 2.34. The number of halogens is 1. The van der Waals surface area contributed by atoms with E-state index in [1.165, 1.54) is 0 Å². The Morgan fingerprint density at radius 3 is 2.60 bits per heavy atom. The second kappa shape index (κ2) is 10.5. The molecule has 3 rings (SSSR count). The zero-order valence-electron chi connectivity index (χ0n) is 16.0. The summed E-state index contributed by atoms with van der Waals surface area (Å²) < 4.78 is 6.08. The van der Waals surface area contributed by atoms with Crippen molar-refractivity contribution in [1.82, 2.24) is 15.5 Å². The van der Waals surface area contributed by atoms with Crippen LogP contribution in [0.2, 0.25) is 0 Å². The molecule has 1 aliphatic rings. The average molecular weight is 537 g/mol. The minimum Gasteiger partial charge on any atom is -0.461 e. The van der Waals surface area contributed by atoms with Crippen LogP contribution in [0.25, 0.3) is 0 Å². The molecule has 1 saturated heterocycles. The molecule has 2 aromatic rings. The van der Waals surface area contributed by atoms with E-state index in [1.54, 1.807) is 17.0 Å². The highest BCUT2D eigenvalue weighted by atomic mass is 127. The summed E-state index contributed by atoms with van der Waals surface area (Å²) in [6, 6.07) is 15.6. The second-order valence-corrected chi connectivity index (χ2v) is 8.14. The van der Waals surface area contributed by atoms with Gasteiger partial charge in [-0.3, -0.25) is 19.7 Å². The number of amides is 2. The van der Waals surface area contributed by atoms with Crippen LogP contribution < -0.4 is 10.6 Å². The molecule has 1 fully saturated rings. The maximum absolute atomic E-state index is 12.6. The van der Waals surface area contributed by atoms with E-state index >= 15 is 0 Å². The number of carbonyl (C=O) groups is 3. The van der Waals surface area contributed by atoms with Gasteiger partial charge in [0.25, 0.3) is 5.91 Å². The van der Waals surface area contributed by atoms with E-state index in [1.807, 2.05) is 42.5 Å². The molecule has 2 aromatic carbocycles. The third-order valence-electron chi connectivity index (χ3n) is 4.53. The number of piperazine rings is 1. The van der Waals surface area contributed by atoms with Crippen LogP contribution in [0, 0.1) is 3.57 Å². The molecular weight excluding hydrogens is 517 g/mol. The first-order valence-corrected chi connectivity index (χ1v) is 10.8. The molecule has 1 heterocycles. The molecule has 7 nitrogen and oxygen atoms in total. The lowest BCUT2D eigenvalue weighted by atomic mass is 10.1. The lowest BCUT2D eigenvalue weighted by Crippen LogP contribution is -2.60. The number of carbonyl (C=O) groups excluding carboxylic acids is 3. The van der Waals surface area contributed by atoms with Gasteiger partial charge in [-0.2, -0.15) is 0 Å². The summed E-state index contributed by atoms with van der Waals surface area (Å²) in [7, 11) is 0. The molecular formula is C21H20IN3O4S. The van der Waals surface area contributed by atoms with E-state index in [-0.39, 0.29) is 30.0 Å². The van der Waals surface area contributed by atoms with E-state index in [9.17, 15) is 14.4 Å². The quantitative estimate of drug-likeness (QED) is 0.346. The molecule has 0 bridgehead atoms. The van der Waals surface area contributed by atoms with Crippen molar-refractivity contribution in [2.75, 3.05) is 13.1 Å². The molecule has 30 heavy (non-hydrogen) atoms. The number of hydrogen-bond acceptors (Lipinski definition) is 5. The lowest BCUT2D eigenvalue weighted by molar-refractivity contribution is -0.148. The summed E-state index contributed by atoms with van der Waals surface area (Å²) in [5, 5.41) is 5.51. The topological polar surface area (TPSA) is 87.7 Å². The van der Waals surface area contributed by atoms with Crippen LogP contribution in [0.1, 0.15) is 22.3 Å². The van der Waals surface area contributed by atoms with E-state index in [0.29, 0.717) is 18.7 Å². The molecule has 1 atom stereocenters. The van der Waals surface area contributed by atoms with Crippen LogP contribution >= 0.6 is 34.8 Å². The Bertz CT molecular complexity index is 954. The maximum Gasteiger partial charge on any atom is 0.308 e. The molecule has 0 saturated carbocycles. The zero-order chi connectivity index (χ0) is 21.5. The number of ether oxygens (including phenoxy) is 1. The average Bonchev–Trinajstić information content (AvgIpc) is 2.74. The number of thiocarbonyl (C=S) groups is 1. The van der Waals surface area contributed by atoms with Crippen molar-refractivity contribution in [1.29, 1.82) is 0 Å². The molecule has 9 heteroatoms. The van der Waals surface area contributed by atoms with Crippen molar-refractivity contribution in [3.8, 4) is 0 Å². The van der Waals surface area contributed by atoms with Crippen LogP contribution in [0.5, 0.6) is 0 Å². The Morgan fingerprint density at radius 2 is 1.87 bits per heavy atom. The molecule has 2 N–H and O–H groups in total. The van der Waals surface area contributed by atoms with Gasteiger partial charge in [0.2, 0.25) is 5.91 Å². The van der Waals surface area contributed by atoms with E-state index in [0.717, 1.165) is 9.13 Å². The number of hydrogen-bond donors (Lipinski definition) is 2. The normalized spacial score (nSPS) is 15.8. The number of nitrogens with zero attached hydrogens (tertiary/aromatic N) is 1. The van der Waals surface area contributed by atoms with E-state index < -0.39 is 12.0 Å². The molecule has 1 unspecified atom stereocenters. The Labute approximate surface area is 193 Å². The van der Waals surface area contributed by atoms with Gasteiger partial charge in [-0.1, -0.05) is 42.5 Å². The van der Waals surface area contributed by atoms with Crippen molar-refractivity contribution in [2.45, 2.75) is 19.1 Å². The highest BCUT2D eigenvalue weighted by molar-refractivity contribution is 14.1. The SMILES string of the molecule is O=C(CC1C(=O)NCCN1C(=S)NC(=O)c1ccccc1I)OCc1ccccc1. The van der Waals surface area contributed by atoms with E-state index in [4.69, 9.17) is 17.0 Å². The first-order chi connectivity index (χ1) is 14.5. The van der Waals surface area contributed by atoms with Crippen LogP contribution in [0.15, 0.2) is 54.6 Å². The fourth-order valence-corrected chi connectivity index (χ4v) is 3.94. The maximum atomic E-state index is 12.6. The summed E-state index contributed by atoms with van der Waals surface area (Å²) >= 11 is 7.45. The van der Waals surface area contributed by atoms with Gasteiger partial charge in [-0.15, -0.1) is 0 Å². The van der Waals surface area contributed by atoms with Crippen LogP contribution in [0.4, 0.5) is 0 Å². The smallest absolute Gasteiger partial charge is 0.308 e. The monoisotopic (exact) mass is 537 g/mol. The Balaban J connectivity index is 1.62. The Kier molecular flexibility index (Phi) is 7.75. The van der Waals surface area contributed by atoms with Crippen molar-refractivity contribution in [3.63, 3.8) is 0 Å². The summed E-state index contributed by atoms with van der Waals surface area (Å²) in [5.41, 5.74) is 1.34. The van der Waals surface area contributed by atoms with Crippen LogP contribution in [-0.2, 0) is 20.9 Å². The van der Waals surface area contributed by atoms with Crippen LogP contribution in [0.3, 0.4) is 0 Å². The first-order valence-electron chi connectivity index (χ1n) is 9.29. The fourth-order valence-electron chi connectivity index (χ4n) is 3.00. The summed E-state index contributed by atoms with van der Waals surface area (Å²) in [6.45, 7) is 0.877.